The van der Waals surface area contributed by atoms with E-state index in [2.05, 4.69) is 9.97 Å². The summed E-state index contributed by atoms with van der Waals surface area (Å²) in [7, 11) is -3.21. The van der Waals surface area contributed by atoms with E-state index in [1.807, 2.05) is 25.7 Å². The van der Waals surface area contributed by atoms with Gasteiger partial charge in [0.05, 0.1) is 29.3 Å². The number of aromatic nitrogens is 2. The van der Waals surface area contributed by atoms with E-state index in [0.717, 1.165) is 0 Å². The van der Waals surface area contributed by atoms with Crippen LogP contribution in [-0.2, 0) is 21.2 Å². The first-order valence-corrected chi connectivity index (χ1v) is 13.4. The Morgan fingerprint density at radius 2 is 1.82 bits per heavy atom. The van der Waals surface area contributed by atoms with Gasteiger partial charge in [-0.25, -0.2) is 23.2 Å². The average Bonchev–Trinajstić information content (AvgIpc) is 2.73. The number of rotatable bonds is 5. The second-order valence-corrected chi connectivity index (χ2v) is 12.1. The lowest BCUT2D eigenvalue weighted by Gasteiger charge is -2.35. The Balaban J connectivity index is 1.56. The summed E-state index contributed by atoms with van der Waals surface area (Å²) in [4.78, 5) is 24.7. The van der Waals surface area contributed by atoms with Crippen LogP contribution in [0.5, 0.6) is 0 Å². The first kappa shape index (κ1) is 25.9. The minimum Gasteiger partial charge on any atom is -0.444 e. The topological polar surface area (TPSA) is 116 Å². The van der Waals surface area contributed by atoms with Gasteiger partial charge in [0.15, 0.2) is 0 Å². The Morgan fingerprint density at radius 3 is 2.36 bits per heavy atom. The van der Waals surface area contributed by atoms with Crippen LogP contribution in [0.25, 0.3) is 0 Å². The number of piperidine rings is 1. The summed E-state index contributed by atoms with van der Waals surface area (Å²) in [6, 6.07) is 0. The zero-order chi connectivity index (χ0) is 24.4. The van der Waals surface area contributed by atoms with Crippen molar-refractivity contribution < 1.29 is 23.1 Å². The van der Waals surface area contributed by atoms with E-state index in [1.165, 1.54) is 16.8 Å². The van der Waals surface area contributed by atoms with Crippen LogP contribution in [0, 0.1) is 5.92 Å². The molecule has 1 aromatic heterocycles. The number of sulfonamides is 1. The normalized spacial score (nSPS) is 20.1. The molecular formula is C21H34ClN5O5S. The van der Waals surface area contributed by atoms with E-state index in [1.54, 1.807) is 4.90 Å². The smallest absolute Gasteiger partial charge is 0.410 e. The van der Waals surface area contributed by atoms with Gasteiger partial charge in [0.1, 0.15) is 5.60 Å². The maximum absolute atomic E-state index is 12.3. The number of carbonyl (C=O) groups excluding carboxylic acids is 1. The summed E-state index contributed by atoms with van der Waals surface area (Å²) >= 11 is 6.32. The standard InChI is InChI=1S/C21H34ClN5O5S/c1-21(2,3)32-20(29)26-7-5-15(6-8-26)18(28)13-17-16(22)14-23-19(24-17)25-9-11-27(12-10-25)33(4,30)31/h14-15,18,28H,5-13H2,1-4H3. The molecule has 186 valence electrons. The Bertz CT molecular complexity index is 939. The fourth-order valence-corrected chi connectivity index (χ4v) is 5.06. The zero-order valence-electron chi connectivity index (χ0n) is 19.7. The van der Waals surface area contributed by atoms with E-state index in [-0.39, 0.29) is 18.4 Å². The van der Waals surface area contributed by atoms with E-state index < -0.39 is 21.7 Å². The van der Waals surface area contributed by atoms with E-state index >= 15 is 0 Å². The highest BCUT2D eigenvalue weighted by molar-refractivity contribution is 7.88. The molecule has 1 aromatic rings. The van der Waals surface area contributed by atoms with Crippen molar-refractivity contribution in [2.24, 2.45) is 5.92 Å². The van der Waals surface area contributed by atoms with Gasteiger partial charge in [-0.15, -0.1) is 0 Å². The van der Waals surface area contributed by atoms with Crippen LogP contribution in [-0.4, -0.2) is 96.0 Å². The predicted molar refractivity (Wildman–Crippen MR) is 126 cm³/mol. The number of halogens is 1. The number of hydrogen-bond acceptors (Lipinski definition) is 8. The average molecular weight is 504 g/mol. The summed E-state index contributed by atoms with van der Waals surface area (Å²) in [5, 5.41) is 11.2. The number of anilines is 1. The molecule has 33 heavy (non-hydrogen) atoms. The molecule has 3 heterocycles. The molecular weight excluding hydrogens is 470 g/mol. The van der Waals surface area contributed by atoms with Gasteiger partial charge >= 0.3 is 6.09 Å². The number of aliphatic hydroxyl groups excluding tert-OH is 1. The Kier molecular flexibility index (Phi) is 8.08. The number of ether oxygens (including phenoxy) is 1. The van der Waals surface area contributed by atoms with Crippen LogP contribution in [0.2, 0.25) is 5.02 Å². The molecule has 1 amide bonds. The number of piperazine rings is 1. The maximum Gasteiger partial charge on any atom is 0.410 e. The highest BCUT2D eigenvalue weighted by Crippen LogP contribution is 2.26. The third-order valence-electron chi connectivity index (χ3n) is 5.93. The molecule has 0 aliphatic carbocycles. The van der Waals surface area contributed by atoms with E-state index in [4.69, 9.17) is 16.3 Å². The van der Waals surface area contributed by atoms with Gasteiger partial charge < -0.3 is 19.6 Å². The predicted octanol–water partition coefficient (Wildman–Crippen LogP) is 1.76. The molecule has 1 unspecified atom stereocenters. The number of likely N-dealkylation sites (tertiary alicyclic amines) is 1. The van der Waals surface area contributed by atoms with Gasteiger partial charge in [0.25, 0.3) is 0 Å². The fraction of sp³-hybridized carbons (Fsp3) is 0.762. The second-order valence-electron chi connectivity index (χ2n) is 9.69. The largest absolute Gasteiger partial charge is 0.444 e. The number of amides is 1. The third kappa shape index (κ3) is 7.14. The molecule has 1 N–H and O–H groups in total. The molecule has 3 rings (SSSR count). The van der Waals surface area contributed by atoms with Crippen molar-refractivity contribution in [3.8, 4) is 0 Å². The zero-order valence-corrected chi connectivity index (χ0v) is 21.3. The van der Waals surface area contributed by atoms with E-state index in [0.29, 0.717) is 68.8 Å². The first-order valence-electron chi connectivity index (χ1n) is 11.2. The molecule has 12 heteroatoms. The van der Waals surface area contributed by atoms with Gasteiger partial charge in [-0.1, -0.05) is 11.6 Å². The number of hydrogen-bond donors (Lipinski definition) is 1. The van der Waals surface area contributed by atoms with Crippen LogP contribution in [0.1, 0.15) is 39.3 Å². The molecule has 2 fully saturated rings. The molecule has 0 bridgehead atoms. The maximum atomic E-state index is 12.3. The van der Waals surface area contributed by atoms with Crippen molar-refractivity contribution >= 4 is 33.7 Å². The van der Waals surface area contributed by atoms with Gasteiger partial charge in [0, 0.05) is 45.7 Å². The molecule has 2 aliphatic heterocycles. The van der Waals surface area contributed by atoms with Gasteiger partial charge in [0.2, 0.25) is 16.0 Å². The minimum absolute atomic E-state index is 0.0245. The monoisotopic (exact) mass is 503 g/mol. The quantitative estimate of drug-likeness (QED) is 0.646. The van der Waals surface area contributed by atoms with Crippen molar-refractivity contribution in [1.29, 1.82) is 0 Å². The Labute approximate surface area is 200 Å². The Morgan fingerprint density at radius 1 is 1.21 bits per heavy atom. The van der Waals surface area contributed by atoms with Crippen molar-refractivity contribution in [1.82, 2.24) is 19.2 Å². The van der Waals surface area contributed by atoms with Crippen LogP contribution >= 0.6 is 11.6 Å². The van der Waals surface area contributed by atoms with E-state index in [9.17, 15) is 18.3 Å². The van der Waals surface area contributed by atoms with Crippen LogP contribution in [0.15, 0.2) is 6.20 Å². The fourth-order valence-electron chi connectivity index (χ4n) is 4.07. The summed E-state index contributed by atoms with van der Waals surface area (Å²) in [5.74, 6) is 0.506. The highest BCUT2D eigenvalue weighted by atomic mass is 35.5. The number of nitrogens with zero attached hydrogens (tertiary/aromatic N) is 5. The lowest BCUT2D eigenvalue weighted by molar-refractivity contribution is 0.00789. The summed E-state index contributed by atoms with van der Waals surface area (Å²) in [6.07, 6.45) is 3.39. The van der Waals surface area contributed by atoms with Crippen molar-refractivity contribution in [2.45, 2.75) is 51.7 Å². The SMILES string of the molecule is CC(C)(C)OC(=O)N1CCC(C(O)Cc2nc(N3CCN(S(C)(=O)=O)CC3)ncc2Cl)CC1. The van der Waals surface area contributed by atoms with Gasteiger partial charge in [-0.3, -0.25) is 0 Å². The number of carbonyl (C=O) groups is 1. The molecule has 1 atom stereocenters. The summed E-state index contributed by atoms with van der Waals surface area (Å²) < 4.78 is 30.3. The molecule has 0 radical (unpaired) electrons. The first-order chi connectivity index (χ1) is 15.3. The van der Waals surface area contributed by atoms with Crippen molar-refractivity contribution in [3.63, 3.8) is 0 Å². The van der Waals surface area contributed by atoms with Crippen LogP contribution in [0.3, 0.4) is 0 Å². The Hall–Kier alpha value is -1.69. The minimum atomic E-state index is -3.21. The van der Waals surface area contributed by atoms with Crippen LogP contribution in [0.4, 0.5) is 10.7 Å². The van der Waals surface area contributed by atoms with Gasteiger partial charge in [-0.2, -0.15) is 4.31 Å². The summed E-state index contributed by atoms with van der Waals surface area (Å²) in [5.41, 5.74) is 0.0288. The lowest BCUT2D eigenvalue weighted by Crippen LogP contribution is -2.49. The molecule has 2 saturated heterocycles. The van der Waals surface area contributed by atoms with Crippen molar-refractivity contribution in [2.75, 3.05) is 50.4 Å². The third-order valence-corrected chi connectivity index (χ3v) is 7.55. The van der Waals surface area contributed by atoms with Crippen LogP contribution < -0.4 is 4.90 Å². The van der Waals surface area contributed by atoms with Crippen molar-refractivity contribution in [3.05, 3.63) is 16.9 Å². The number of aliphatic hydroxyl groups is 1. The molecule has 0 spiro atoms. The molecule has 10 nitrogen and oxygen atoms in total. The summed E-state index contributed by atoms with van der Waals surface area (Å²) in [6.45, 7) is 8.30. The van der Waals surface area contributed by atoms with Gasteiger partial charge in [-0.05, 0) is 39.5 Å². The highest BCUT2D eigenvalue weighted by Gasteiger charge is 2.31. The second kappa shape index (κ2) is 10.3. The molecule has 0 aromatic carbocycles. The molecule has 2 aliphatic rings. The molecule has 0 saturated carbocycles. The lowest BCUT2D eigenvalue weighted by atomic mass is 9.89.